The molecule has 0 radical (unpaired) electrons. The molecule has 0 aromatic carbocycles. The Hall–Kier alpha value is -0.350. The molecule has 1 N–H and O–H groups in total. The van der Waals surface area contributed by atoms with Gasteiger partial charge in [-0.15, -0.1) is 0 Å². The zero-order valence-electron chi connectivity index (χ0n) is 10.0. The van der Waals surface area contributed by atoms with Crippen molar-refractivity contribution < 1.29 is 9.59 Å². The summed E-state index contributed by atoms with van der Waals surface area (Å²) in [7, 11) is 0. The summed E-state index contributed by atoms with van der Waals surface area (Å²) < 4.78 is 0. The molecule has 0 bridgehead atoms. The zero-order chi connectivity index (χ0) is 11.8. The van der Waals surface area contributed by atoms with Gasteiger partial charge in [-0.1, -0.05) is 32.5 Å². The van der Waals surface area contributed by atoms with Crippen molar-refractivity contribution in [3.05, 3.63) is 0 Å². The zero-order valence-corrected chi connectivity index (χ0v) is 10.8. The Kier molecular flexibility index (Phi) is 7.70. The molecule has 0 aliphatic heterocycles. The molecule has 15 heavy (non-hydrogen) atoms. The molecule has 0 heterocycles. The summed E-state index contributed by atoms with van der Waals surface area (Å²) >= 11 is 1.23. The molecule has 0 fully saturated rings. The van der Waals surface area contributed by atoms with E-state index in [0.717, 1.165) is 6.54 Å². The summed E-state index contributed by atoms with van der Waals surface area (Å²) in [5, 5.41) is 3.28. The molecule has 0 aromatic heterocycles. The average Bonchev–Trinajstić information content (AvgIpc) is 2.22. The van der Waals surface area contributed by atoms with Crippen LogP contribution in [-0.2, 0) is 9.59 Å². The second-order valence-electron chi connectivity index (χ2n) is 3.78. The molecular weight excluding hydrogens is 210 g/mol. The van der Waals surface area contributed by atoms with E-state index in [-0.39, 0.29) is 22.9 Å². The smallest absolute Gasteiger partial charge is 0.188 e. The summed E-state index contributed by atoms with van der Waals surface area (Å²) in [4.78, 5) is 22.9. The third-order valence-electron chi connectivity index (χ3n) is 2.23. The van der Waals surface area contributed by atoms with Crippen LogP contribution in [0.3, 0.4) is 0 Å². The Morgan fingerprint density at radius 2 is 1.93 bits per heavy atom. The molecule has 0 saturated carbocycles. The van der Waals surface area contributed by atoms with Crippen molar-refractivity contribution >= 4 is 22.7 Å². The van der Waals surface area contributed by atoms with E-state index in [1.54, 1.807) is 6.26 Å². The highest BCUT2D eigenvalue weighted by atomic mass is 32.2. The molecule has 0 saturated heterocycles. The van der Waals surface area contributed by atoms with Gasteiger partial charge in [0, 0.05) is 12.3 Å². The highest BCUT2D eigenvalue weighted by Crippen LogP contribution is 2.09. The number of rotatable bonds is 7. The second kappa shape index (κ2) is 7.88. The van der Waals surface area contributed by atoms with Gasteiger partial charge in [0.15, 0.2) is 10.9 Å². The Bertz CT molecular complexity index is 217. The predicted octanol–water partition coefficient (Wildman–Crippen LogP) is 1.86. The molecule has 1 atom stereocenters. The Labute approximate surface area is 96.4 Å². The van der Waals surface area contributed by atoms with Gasteiger partial charge in [0.05, 0.1) is 6.04 Å². The Morgan fingerprint density at radius 3 is 2.33 bits per heavy atom. The van der Waals surface area contributed by atoms with Crippen LogP contribution >= 0.6 is 11.8 Å². The first kappa shape index (κ1) is 14.6. The highest BCUT2D eigenvalue weighted by molar-refractivity contribution is 8.13. The van der Waals surface area contributed by atoms with E-state index in [4.69, 9.17) is 0 Å². The van der Waals surface area contributed by atoms with Crippen molar-refractivity contribution in [2.24, 2.45) is 5.92 Å². The van der Waals surface area contributed by atoms with Crippen molar-refractivity contribution in [2.45, 2.75) is 39.7 Å². The number of Topliss-reactive ketones (excluding diaryl/α,β-unsaturated/α-hetero) is 1. The minimum absolute atomic E-state index is 0.0263. The molecule has 88 valence electrons. The van der Waals surface area contributed by atoms with Crippen molar-refractivity contribution in [2.75, 3.05) is 12.8 Å². The van der Waals surface area contributed by atoms with Gasteiger partial charge in [0.2, 0.25) is 0 Å². The lowest BCUT2D eigenvalue weighted by molar-refractivity contribution is -0.124. The number of hydrogen-bond acceptors (Lipinski definition) is 4. The predicted molar refractivity (Wildman–Crippen MR) is 65.1 cm³/mol. The Balaban J connectivity index is 4.15. The molecular formula is C11H21NO2S. The fourth-order valence-corrected chi connectivity index (χ4v) is 1.68. The first-order valence-electron chi connectivity index (χ1n) is 5.36. The lowest BCUT2D eigenvalue weighted by atomic mass is 9.98. The van der Waals surface area contributed by atoms with E-state index in [0.29, 0.717) is 12.8 Å². The number of nitrogens with one attached hydrogen (secondary N) is 1. The van der Waals surface area contributed by atoms with Crippen molar-refractivity contribution in [3.63, 3.8) is 0 Å². The largest absolute Gasteiger partial charge is 0.308 e. The first-order chi connectivity index (χ1) is 7.02. The monoisotopic (exact) mass is 231 g/mol. The van der Waals surface area contributed by atoms with Crippen molar-refractivity contribution in [1.82, 2.24) is 5.32 Å². The molecule has 0 aliphatic carbocycles. The second-order valence-corrected chi connectivity index (χ2v) is 4.65. The number of ketones is 1. The van der Waals surface area contributed by atoms with E-state index in [1.165, 1.54) is 11.8 Å². The van der Waals surface area contributed by atoms with Gasteiger partial charge in [-0.3, -0.25) is 9.59 Å². The summed E-state index contributed by atoms with van der Waals surface area (Å²) in [5.74, 6) is 0.226. The molecule has 0 rings (SSSR count). The third kappa shape index (κ3) is 5.95. The SMILES string of the molecule is CCN[C@H](CCC(=O)SC)C(=O)C(C)C. The van der Waals surface area contributed by atoms with E-state index in [9.17, 15) is 9.59 Å². The van der Waals surface area contributed by atoms with Gasteiger partial charge in [0.1, 0.15) is 0 Å². The van der Waals surface area contributed by atoms with Crippen LogP contribution in [0.2, 0.25) is 0 Å². The van der Waals surface area contributed by atoms with Crippen LogP contribution in [0, 0.1) is 5.92 Å². The fourth-order valence-electron chi connectivity index (χ4n) is 1.36. The van der Waals surface area contributed by atoms with Crippen LogP contribution in [0.5, 0.6) is 0 Å². The van der Waals surface area contributed by atoms with Crippen LogP contribution in [0.4, 0.5) is 0 Å². The van der Waals surface area contributed by atoms with Gasteiger partial charge < -0.3 is 5.32 Å². The van der Waals surface area contributed by atoms with Gasteiger partial charge in [0.25, 0.3) is 0 Å². The number of hydrogen-bond donors (Lipinski definition) is 1. The molecule has 0 spiro atoms. The van der Waals surface area contributed by atoms with Crippen LogP contribution < -0.4 is 5.32 Å². The first-order valence-corrected chi connectivity index (χ1v) is 6.59. The molecule has 0 aliphatic rings. The summed E-state index contributed by atoms with van der Waals surface area (Å²) in [6.07, 6.45) is 2.86. The summed E-state index contributed by atoms with van der Waals surface area (Å²) in [6.45, 7) is 6.51. The standard InChI is InChI=1S/C11H21NO2S/c1-5-12-9(11(14)8(2)3)6-7-10(13)15-4/h8-9,12H,5-7H2,1-4H3/t9-/m1/s1. The fraction of sp³-hybridized carbons (Fsp3) is 0.818. The number of likely N-dealkylation sites (N-methyl/N-ethyl adjacent to an activating group) is 1. The highest BCUT2D eigenvalue weighted by Gasteiger charge is 2.20. The van der Waals surface area contributed by atoms with E-state index in [2.05, 4.69) is 5.32 Å². The summed E-state index contributed by atoms with van der Waals surface area (Å²) in [6, 6.07) is -0.161. The molecule has 0 aromatic rings. The lowest BCUT2D eigenvalue weighted by Crippen LogP contribution is -2.39. The number of carbonyl (C=O) groups is 2. The maximum absolute atomic E-state index is 11.8. The van der Waals surface area contributed by atoms with Gasteiger partial charge >= 0.3 is 0 Å². The van der Waals surface area contributed by atoms with E-state index < -0.39 is 0 Å². The van der Waals surface area contributed by atoms with Gasteiger partial charge in [-0.25, -0.2) is 0 Å². The molecule has 4 heteroatoms. The van der Waals surface area contributed by atoms with Crippen LogP contribution in [0.25, 0.3) is 0 Å². The maximum atomic E-state index is 11.8. The third-order valence-corrected chi connectivity index (χ3v) is 2.89. The topological polar surface area (TPSA) is 46.2 Å². The summed E-state index contributed by atoms with van der Waals surface area (Å²) in [5.41, 5.74) is 0. The maximum Gasteiger partial charge on any atom is 0.188 e. The Morgan fingerprint density at radius 1 is 1.33 bits per heavy atom. The molecule has 0 amide bonds. The van der Waals surface area contributed by atoms with E-state index >= 15 is 0 Å². The van der Waals surface area contributed by atoms with Crippen molar-refractivity contribution in [1.29, 1.82) is 0 Å². The van der Waals surface area contributed by atoms with E-state index in [1.807, 2.05) is 20.8 Å². The van der Waals surface area contributed by atoms with Gasteiger partial charge in [-0.2, -0.15) is 0 Å². The molecule has 3 nitrogen and oxygen atoms in total. The van der Waals surface area contributed by atoms with Crippen molar-refractivity contribution in [3.8, 4) is 0 Å². The van der Waals surface area contributed by atoms with Crippen LogP contribution in [0.15, 0.2) is 0 Å². The van der Waals surface area contributed by atoms with Gasteiger partial charge in [-0.05, 0) is 19.2 Å². The normalized spacial score (nSPS) is 12.9. The lowest BCUT2D eigenvalue weighted by Gasteiger charge is -2.18. The quantitative estimate of drug-likeness (QED) is 0.726. The average molecular weight is 231 g/mol. The number of carbonyl (C=O) groups excluding carboxylic acids is 2. The minimum atomic E-state index is -0.161. The van der Waals surface area contributed by atoms with Crippen LogP contribution in [-0.4, -0.2) is 29.7 Å². The molecule has 0 unspecified atom stereocenters. The minimum Gasteiger partial charge on any atom is -0.308 e. The number of thioether (sulfide) groups is 1. The van der Waals surface area contributed by atoms with Crippen LogP contribution in [0.1, 0.15) is 33.6 Å².